The minimum absolute atomic E-state index is 0.0689. The Morgan fingerprint density at radius 1 is 0.964 bits per heavy atom. The molecule has 0 unspecified atom stereocenters. The van der Waals surface area contributed by atoms with Gasteiger partial charge in [-0.15, -0.1) is 0 Å². The van der Waals surface area contributed by atoms with Gasteiger partial charge in [0.2, 0.25) is 0 Å². The van der Waals surface area contributed by atoms with Crippen LogP contribution in [-0.4, -0.2) is 17.5 Å². The van der Waals surface area contributed by atoms with Crippen molar-refractivity contribution in [3.8, 4) is 5.75 Å². The van der Waals surface area contributed by atoms with Crippen molar-refractivity contribution in [3.05, 3.63) is 89.4 Å². The Hall–Kier alpha value is -2.89. The van der Waals surface area contributed by atoms with Gasteiger partial charge in [0.15, 0.2) is 11.7 Å². The number of hydrogen-bond donors (Lipinski definition) is 0. The first kappa shape index (κ1) is 18.5. The molecule has 0 aliphatic carbocycles. The van der Waals surface area contributed by atoms with Crippen molar-refractivity contribution >= 4 is 44.2 Å². The van der Waals surface area contributed by atoms with E-state index in [0.29, 0.717) is 28.0 Å². The Kier molecular flexibility index (Phi) is 5.55. The zero-order valence-corrected chi connectivity index (χ0v) is 16.5. The summed E-state index contributed by atoms with van der Waals surface area (Å²) in [6, 6.07) is 24.8. The molecule has 3 aromatic carbocycles. The lowest BCUT2D eigenvalue weighted by atomic mass is 10.2. The fraction of sp³-hybridized carbons (Fsp3) is 0.0909. The number of thiazole rings is 1. The predicted molar refractivity (Wildman–Crippen MR) is 114 cm³/mol. The van der Waals surface area contributed by atoms with Gasteiger partial charge in [-0.05, 0) is 29.8 Å². The molecule has 1 aromatic heterocycles. The standard InChI is InChI=1S/C22H17ClN2O2S/c23-18-12-7-13-19-21(18)24-22(28-19)25(14-16-8-3-1-4-9-16)20(26)15-27-17-10-5-2-6-11-17/h1-13H,14-15H2. The summed E-state index contributed by atoms with van der Waals surface area (Å²) in [5.74, 6) is 0.491. The molecule has 4 nitrogen and oxygen atoms in total. The van der Waals surface area contributed by atoms with Gasteiger partial charge in [0.05, 0.1) is 16.3 Å². The van der Waals surface area contributed by atoms with Gasteiger partial charge >= 0.3 is 0 Å². The Morgan fingerprint density at radius 3 is 2.39 bits per heavy atom. The van der Waals surface area contributed by atoms with Gasteiger partial charge in [0.25, 0.3) is 5.91 Å². The molecule has 1 amide bonds. The van der Waals surface area contributed by atoms with Gasteiger partial charge in [-0.1, -0.05) is 77.5 Å². The third kappa shape index (κ3) is 4.16. The molecule has 0 aliphatic rings. The maximum absolute atomic E-state index is 13.0. The largest absolute Gasteiger partial charge is 0.484 e. The predicted octanol–water partition coefficient (Wildman–Crippen LogP) is 5.56. The van der Waals surface area contributed by atoms with Crippen molar-refractivity contribution in [1.29, 1.82) is 0 Å². The minimum atomic E-state index is -0.164. The van der Waals surface area contributed by atoms with Gasteiger partial charge in [-0.2, -0.15) is 0 Å². The molecule has 0 spiro atoms. The topological polar surface area (TPSA) is 42.4 Å². The number of halogens is 1. The van der Waals surface area contributed by atoms with Crippen molar-refractivity contribution in [2.24, 2.45) is 0 Å². The summed E-state index contributed by atoms with van der Waals surface area (Å²) in [5.41, 5.74) is 1.72. The Morgan fingerprint density at radius 2 is 1.68 bits per heavy atom. The fourth-order valence-electron chi connectivity index (χ4n) is 2.79. The second-order valence-electron chi connectivity index (χ2n) is 6.15. The van der Waals surface area contributed by atoms with Crippen LogP contribution in [0.5, 0.6) is 5.75 Å². The summed E-state index contributed by atoms with van der Waals surface area (Å²) in [5, 5.41) is 1.18. The number of fused-ring (bicyclic) bond motifs is 1. The number of hydrogen-bond acceptors (Lipinski definition) is 4. The highest BCUT2D eigenvalue weighted by atomic mass is 35.5. The first-order chi connectivity index (χ1) is 13.7. The number of nitrogens with zero attached hydrogens (tertiary/aromatic N) is 2. The summed E-state index contributed by atoms with van der Waals surface area (Å²) in [4.78, 5) is 19.3. The van der Waals surface area contributed by atoms with Crippen molar-refractivity contribution in [2.45, 2.75) is 6.54 Å². The molecule has 0 aliphatic heterocycles. The number of aromatic nitrogens is 1. The highest BCUT2D eigenvalue weighted by molar-refractivity contribution is 7.22. The van der Waals surface area contributed by atoms with Crippen LogP contribution in [0.4, 0.5) is 5.13 Å². The highest BCUT2D eigenvalue weighted by Crippen LogP contribution is 2.33. The third-order valence-corrected chi connectivity index (χ3v) is 5.53. The quantitative estimate of drug-likeness (QED) is 0.419. The fourth-order valence-corrected chi connectivity index (χ4v) is 4.07. The van der Waals surface area contributed by atoms with Crippen LogP contribution in [-0.2, 0) is 11.3 Å². The third-order valence-electron chi connectivity index (χ3n) is 4.18. The van der Waals surface area contributed by atoms with E-state index in [1.54, 1.807) is 11.0 Å². The maximum Gasteiger partial charge on any atom is 0.267 e. The number of carbonyl (C=O) groups is 1. The molecule has 0 bridgehead atoms. The number of para-hydroxylation sites is 2. The van der Waals surface area contributed by atoms with E-state index in [-0.39, 0.29) is 12.5 Å². The van der Waals surface area contributed by atoms with Gasteiger partial charge < -0.3 is 4.74 Å². The lowest BCUT2D eigenvalue weighted by Gasteiger charge is -2.20. The van der Waals surface area contributed by atoms with Crippen molar-refractivity contribution < 1.29 is 9.53 Å². The Balaban J connectivity index is 1.62. The number of anilines is 1. The van der Waals surface area contributed by atoms with Crippen LogP contribution >= 0.6 is 22.9 Å². The van der Waals surface area contributed by atoms with E-state index in [1.807, 2.05) is 72.8 Å². The zero-order valence-electron chi connectivity index (χ0n) is 14.9. The number of amides is 1. The first-order valence-electron chi connectivity index (χ1n) is 8.78. The second kappa shape index (κ2) is 8.42. The molecule has 0 N–H and O–H groups in total. The molecule has 6 heteroatoms. The molecular weight excluding hydrogens is 392 g/mol. The van der Waals surface area contributed by atoms with E-state index in [4.69, 9.17) is 16.3 Å². The van der Waals surface area contributed by atoms with E-state index in [1.165, 1.54) is 11.3 Å². The lowest BCUT2D eigenvalue weighted by Crippen LogP contribution is -2.34. The van der Waals surface area contributed by atoms with Gasteiger partial charge in [-0.25, -0.2) is 4.98 Å². The summed E-state index contributed by atoms with van der Waals surface area (Å²) in [7, 11) is 0. The highest BCUT2D eigenvalue weighted by Gasteiger charge is 2.21. The monoisotopic (exact) mass is 408 g/mol. The lowest BCUT2D eigenvalue weighted by molar-refractivity contribution is -0.120. The van der Waals surface area contributed by atoms with Crippen LogP contribution in [0, 0.1) is 0 Å². The van der Waals surface area contributed by atoms with Crippen LogP contribution in [0.25, 0.3) is 10.2 Å². The zero-order chi connectivity index (χ0) is 19.3. The molecule has 0 fully saturated rings. The average molecular weight is 409 g/mol. The molecule has 140 valence electrons. The van der Waals surface area contributed by atoms with Gasteiger partial charge in [0, 0.05) is 0 Å². The van der Waals surface area contributed by atoms with Crippen molar-refractivity contribution in [2.75, 3.05) is 11.5 Å². The van der Waals surface area contributed by atoms with Gasteiger partial charge in [-0.3, -0.25) is 9.69 Å². The SMILES string of the molecule is O=C(COc1ccccc1)N(Cc1ccccc1)c1nc2c(Cl)cccc2s1. The number of carbonyl (C=O) groups excluding carboxylic acids is 1. The summed E-state index contributed by atoms with van der Waals surface area (Å²) in [6.45, 7) is 0.343. The van der Waals surface area contributed by atoms with E-state index >= 15 is 0 Å². The van der Waals surface area contributed by atoms with E-state index in [0.717, 1.165) is 10.3 Å². The van der Waals surface area contributed by atoms with Crippen LogP contribution in [0.15, 0.2) is 78.9 Å². The molecule has 0 saturated heterocycles. The Bertz CT molecular complexity index is 1080. The normalized spacial score (nSPS) is 10.8. The Labute approximate surface area is 172 Å². The molecule has 0 saturated carbocycles. The summed E-state index contributed by atoms with van der Waals surface area (Å²) < 4.78 is 6.61. The molecule has 0 atom stereocenters. The van der Waals surface area contributed by atoms with Crippen LogP contribution in [0.1, 0.15) is 5.56 Å². The van der Waals surface area contributed by atoms with Crippen LogP contribution in [0.2, 0.25) is 5.02 Å². The van der Waals surface area contributed by atoms with Gasteiger partial charge in [0.1, 0.15) is 11.3 Å². The van der Waals surface area contributed by atoms with E-state index in [9.17, 15) is 4.79 Å². The average Bonchev–Trinajstić information content (AvgIpc) is 3.17. The molecule has 1 heterocycles. The summed E-state index contributed by atoms with van der Waals surface area (Å²) >= 11 is 7.71. The molecule has 28 heavy (non-hydrogen) atoms. The maximum atomic E-state index is 13.0. The van der Waals surface area contributed by atoms with Crippen molar-refractivity contribution in [1.82, 2.24) is 4.98 Å². The smallest absolute Gasteiger partial charge is 0.267 e. The summed E-state index contributed by atoms with van der Waals surface area (Å²) in [6.07, 6.45) is 0. The minimum Gasteiger partial charge on any atom is -0.484 e. The molecule has 4 rings (SSSR count). The van der Waals surface area contributed by atoms with Crippen LogP contribution < -0.4 is 9.64 Å². The first-order valence-corrected chi connectivity index (χ1v) is 9.97. The number of benzene rings is 3. The molecule has 0 radical (unpaired) electrons. The van der Waals surface area contributed by atoms with Crippen LogP contribution in [0.3, 0.4) is 0 Å². The van der Waals surface area contributed by atoms with E-state index in [2.05, 4.69) is 4.98 Å². The molecular formula is C22H17ClN2O2S. The number of ether oxygens (including phenoxy) is 1. The second-order valence-corrected chi connectivity index (χ2v) is 7.57. The molecule has 4 aromatic rings. The van der Waals surface area contributed by atoms with E-state index < -0.39 is 0 Å². The van der Waals surface area contributed by atoms with Crippen molar-refractivity contribution in [3.63, 3.8) is 0 Å². The number of rotatable bonds is 6.